The van der Waals surface area contributed by atoms with Gasteiger partial charge in [-0.1, -0.05) is 30.3 Å². The van der Waals surface area contributed by atoms with Crippen molar-refractivity contribution in [2.75, 3.05) is 20.4 Å². The highest BCUT2D eigenvalue weighted by molar-refractivity contribution is 5.77. The van der Waals surface area contributed by atoms with Crippen LogP contribution in [0.5, 0.6) is 17.2 Å². The summed E-state index contributed by atoms with van der Waals surface area (Å²) in [5.74, 6) is 1.67. The highest BCUT2D eigenvalue weighted by Gasteiger charge is 2.54. The van der Waals surface area contributed by atoms with E-state index in [9.17, 15) is 9.59 Å². The number of hydrogen-bond acceptors (Lipinski definition) is 6. The average molecular weight is 438 g/mol. The van der Waals surface area contributed by atoms with Gasteiger partial charge in [-0.15, -0.1) is 0 Å². The van der Waals surface area contributed by atoms with Gasteiger partial charge in [0.25, 0.3) is 0 Å². The van der Waals surface area contributed by atoms with Gasteiger partial charge in [0.2, 0.25) is 24.4 Å². The number of carbonyl (C=O) groups excluding carboxylic acids is 2. The number of nitrogens with zero attached hydrogens (tertiary/aromatic N) is 2. The number of carbonyl (C=O) groups is 2. The van der Waals surface area contributed by atoms with E-state index in [0.717, 1.165) is 11.1 Å². The minimum Gasteiger partial charge on any atom is -0.493 e. The van der Waals surface area contributed by atoms with Crippen molar-refractivity contribution >= 4 is 11.8 Å². The quantitative estimate of drug-likeness (QED) is 0.730. The van der Waals surface area contributed by atoms with Gasteiger partial charge in [-0.25, -0.2) is 0 Å². The Balaban J connectivity index is 1.51. The van der Waals surface area contributed by atoms with Crippen molar-refractivity contribution in [3.05, 3.63) is 53.6 Å². The minimum atomic E-state index is -0.545. The first-order chi connectivity index (χ1) is 15.5. The third kappa shape index (κ3) is 3.35. The van der Waals surface area contributed by atoms with E-state index < -0.39 is 6.23 Å². The summed E-state index contributed by atoms with van der Waals surface area (Å²) in [6.07, 6.45) is -0.352. The van der Waals surface area contributed by atoms with E-state index in [1.54, 1.807) is 25.9 Å². The van der Waals surface area contributed by atoms with Gasteiger partial charge in [-0.3, -0.25) is 9.59 Å². The van der Waals surface area contributed by atoms with Gasteiger partial charge >= 0.3 is 0 Å². The Hall–Kier alpha value is -3.26. The fourth-order valence-corrected chi connectivity index (χ4v) is 5.06. The lowest BCUT2D eigenvalue weighted by atomic mass is 9.95. The first-order valence-electron chi connectivity index (χ1n) is 10.7. The molecule has 8 heteroatoms. The zero-order chi connectivity index (χ0) is 22.4. The average Bonchev–Trinajstić information content (AvgIpc) is 3.37. The van der Waals surface area contributed by atoms with Crippen LogP contribution < -0.4 is 14.2 Å². The maximum Gasteiger partial charge on any atom is 0.231 e. The van der Waals surface area contributed by atoms with Crippen LogP contribution in [-0.2, 0) is 20.7 Å². The van der Waals surface area contributed by atoms with E-state index in [1.165, 1.54) is 0 Å². The summed E-state index contributed by atoms with van der Waals surface area (Å²) < 4.78 is 23.0. The molecule has 2 fully saturated rings. The summed E-state index contributed by atoms with van der Waals surface area (Å²) in [5.41, 5.74) is 1.91. The normalized spacial score (nSPS) is 25.7. The monoisotopic (exact) mass is 438 g/mol. The Morgan fingerprint density at radius 1 is 1.09 bits per heavy atom. The summed E-state index contributed by atoms with van der Waals surface area (Å²) in [4.78, 5) is 28.9. The van der Waals surface area contributed by atoms with Gasteiger partial charge < -0.3 is 28.7 Å². The van der Waals surface area contributed by atoms with Crippen LogP contribution in [0.4, 0.5) is 0 Å². The van der Waals surface area contributed by atoms with Gasteiger partial charge in [-0.05, 0) is 29.7 Å². The second kappa shape index (κ2) is 8.02. The van der Waals surface area contributed by atoms with E-state index in [1.807, 2.05) is 47.4 Å². The standard InChI is InChI=1S/C24H26N2O6/c1-14(27)25-12-19-22(17-7-5-4-6-8-17)32-24(26(19)15(2)28)18(25)9-16-10-20(29-3)23-21(11-16)30-13-31-23/h4-8,10-11,18-19,22,24H,9,12-13H2,1-3H3. The second-order valence-electron chi connectivity index (χ2n) is 8.33. The molecular formula is C24H26N2O6. The molecule has 3 aliphatic heterocycles. The fourth-order valence-electron chi connectivity index (χ4n) is 5.06. The zero-order valence-corrected chi connectivity index (χ0v) is 18.3. The lowest BCUT2D eigenvalue weighted by molar-refractivity contribution is -0.154. The van der Waals surface area contributed by atoms with Crippen LogP contribution in [0.1, 0.15) is 31.1 Å². The van der Waals surface area contributed by atoms with Crippen molar-refractivity contribution in [3.8, 4) is 17.2 Å². The maximum atomic E-state index is 12.7. The number of ether oxygens (including phenoxy) is 4. The van der Waals surface area contributed by atoms with Crippen molar-refractivity contribution in [3.63, 3.8) is 0 Å². The molecule has 4 atom stereocenters. The SMILES string of the molecule is COc1cc(CC2C3OC(c4ccccc4)C(CN2C(C)=O)N3C(C)=O)cc2c1OCO2. The number of benzene rings is 2. The lowest BCUT2D eigenvalue weighted by Crippen LogP contribution is -2.63. The van der Waals surface area contributed by atoms with Gasteiger partial charge in [0.05, 0.1) is 19.2 Å². The fraction of sp³-hybridized carbons (Fsp3) is 0.417. The number of hydrogen-bond donors (Lipinski definition) is 0. The lowest BCUT2D eigenvalue weighted by Gasteiger charge is -2.45. The van der Waals surface area contributed by atoms with Crippen molar-refractivity contribution in [1.82, 2.24) is 9.80 Å². The van der Waals surface area contributed by atoms with Gasteiger partial charge in [0, 0.05) is 20.4 Å². The molecule has 168 valence electrons. The highest BCUT2D eigenvalue weighted by Crippen LogP contribution is 2.45. The molecule has 0 radical (unpaired) electrons. The molecule has 2 amide bonds. The van der Waals surface area contributed by atoms with Crippen LogP contribution in [0.15, 0.2) is 42.5 Å². The molecule has 0 N–H and O–H groups in total. The Bertz CT molecular complexity index is 1040. The van der Waals surface area contributed by atoms with Crippen LogP contribution in [0, 0.1) is 0 Å². The van der Waals surface area contributed by atoms with Crippen molar-refractivity contribution < 1.29 is 28.5 Å². The Kier molecular flexibility index (Phi) is 5.17. The molecule has 0 spiro atoms. The molecule has 4 unspecified atom stereocenters. The molecule has 2 bridgehead atoms. The van der Waals surface area contributed by atoms with Crippen molar-refractivity contribution in [2.45, 2.75) is 44.7 Å². The predicted octanol–water partition coefficient (Wildman–Crippen LogP) is 2.51. The molecule has 0 saturated carbocycles. The number of amides is 2. The van der Waals surface area contributed by atoms with E-state index in [4.69, 9.17) is 18.9 Å². The third-order valence-electron chi connectivity index (χ3n) is 6.44. The molecular weight excluding hydrogens is 412 g/mol. The van der Waals surface area contributed by atoms with Gasteiger partial charge in [-0.2, -0.15) is 0 Å². The molecule has 32 heavy (non-hydrogen) atoms. The largest absolute Gasteiger partial charge is 0.493 e. The first kappa shape index (κ1) is 20.6. The Morgan fingerprint density at radius 2 is 1.88 bits per heavy atom. The molecule has 0 aliphatic carbocycles. The zero-order valence-electron chi connectivity index (χ0n) is 18.3. The molecule has 2 saturated heterocycles. The summed E-state index contributed by atoms with van der Waals surface area (Å²) in [6, 6.07) is 13.1. The minimum absolute atomic E-state index is 0.0433. The number of piperazine rings is 1. The van der Waals surface area contributed by atoms with Crippen LogP contribution in [0.3, 0.4) is 0 Å². The summed E-state index contributed by atoms with van der Waals surface area (Å²) in [7, 11) is 1.58. The molecule has 2 aromatic carbocycles. The Morgan fingerprint density at radius 3 is 2.56 bits per heavy atom. The van der Waals surface area contributed by atoms with E-state index in [0.29, 0.717) is 30.2 Å². The topological polar surface area (TPSA) is 77.5 Å². The summed E-state index contributed by atoms with van der Waals surface area (Å²) in [6.45, 7) is 3.67. The van der Waals surface area contributed by atoms with Crippen LogP contribution in [0.25, 0.3) is 0 Å². The van der Waals surface area contributed by atoms with E-state index >= 15 is 0 Å². The first-order valence-corrected chi connectivity index (χ1v) is 10.7. The van der Waals surface area contributed by atoms with Gasteiger partial charge in [0.1, 0.15) is 6.10 Å². The molecule has 3 heterocycles. The highest BCUT2D eigenvalue weighted by atomic mass is 16.7. The number of methoxy groups -OCH3 is 1. The number of rotatable bonds is 4. The van der Waals surface area contributed by atoms with Crippen LogP contribution in [-0.4, -0.2) is 60.4 Å². The van der Waals surface area contributed by atoms with E-state index in [-0.39, 0.29) is 36.8 Å². The van der Waals surface area contributed by atoms with Gasteiger partial charge in [0.15, 0.2) is 17.7 Å². The van der Waals surface area contributed by atoms with Crippen molar-refractivity contribution in [2.24, 2.45) is 0 Å². The summed E-state index contributed by atoms with van der Waals surface area (Å²) in [5, 5.41) is 0. The van der Waals surface area contributed by atoms with Crippen LogP contribution >= 0.6 is 0 Å². The maximum absolute atomic E-state index is 12.7. The molecule has 0 aromatic heterocycles. The molecule has 8 nitrogen and oxygen atoms in total. The Labute approximate surface area is 186 Å². The second-order valence-corrected chi connectivity index (χ2v) is 8.33. The molecule has 3 aliphatic rings. The summed E-state index contributed by atoms with van der Waals surface area (Å²) >= 11 is 0. The van der Waals surface area contributed by atoms with Crippen molar-refractivity contribution in [1.29, 1.82) is 0 Å². The van der Waals surface area contributed by atoms with E-state index in [2.05, 4.69) is 0 Å². The predicted molar refractivity (Wildman–Crippen MR) is 114 cm³/mol. The molecule has 2 aromatic rings. The van der Waals surface area contributed by atoms with Crippen LogP contribution in [0.2, 0.25) is 0 Å². The smallest absolute Gasteiger partial charge is 0.231 e. The third-order valence-corrected chi connectivity index (χ3v) is 6.44. The number of fused-ring (bicyclic) bond motifs is 3. The molecule has 5 rings (SSSR count).